The highest BCUT2D eigenvalue weighted by atomic mass is 19.3. The van der Waals surface area contributed by atoms with Crippen LogP contribution in [0.5, 0.6) is 0 Å². The first-order valence-electron chi connectivity index (χ1n) is 6.70. The van der Waals surface area contributed by atoms with Gasteiger partial charge in [0, 0.05) is 18.9 Å². The van der Waals surface area contributed by atoms with Gasteiger partial charge in [0.2, 0.25) is 5.92 Å². The quantitative estimate of drug-likeness (QED) is 0.693. The van der Waals surface area contributed by atoms with Crippen molar-refractivity contribution in [1.82, 2.24) is 5.32 Å². The molecule has 1 saturated carbocycles. The van der Waals surface area contributed by atoms with Gasteiger partial charge in [-0.15, -0.1) is 6.58 Å². The molecular formula is C14H25F2N. The van der Waals surface area contributed by atoms with Gasteiger partial charge in [-0.3, -0.25) is 0 Å². The molecule has 1 aliphatic carbocycles. The molecular weight excluding hydrogens is 220 g/mol. The number of rotatable bonds is 6. The zero-order valence-corrected chi connectivity index (χ0v) is 11.1. The van der Waals surface area contributed by atoms with Crippen LogP contribution < -0.4 is 5.32 Å². The van der Waals surface area contributed by atoms with Gasteiger partial charge >= 0.3 is 0 Å². The minimum atomic E-state index is -2.42. The first-order valence-corrected chi connectivity index (χ1v) is 6.70. The molecule has 17 heavy (non-hydrogen) atoms. The fourth-order valence-corrected chi connectivity index (χ4v) is 2.58. The number of alkyl halides is 2. The van der Waals surface area contributed by atoms with Crippen LogP contribution in [0.4, 0.5) is 8.78 Å². The van der Waals surface area contributed by atoms with E-state index in [1.807, 2.05) is 6.92 Å². The molecule has 0 radical (unpaired) electrons. The first-order chi connectivity index (χ1) is 7.94. The Kier molecular flexibility index (Phi) is 5.57. The summed E-state index contributed by atoms with van der Waals surface area (Å²) in [6, 6.07) is 0.337. The molecule has 1 atom stereocenters. The molecule has 3 heteroatoms. The van der Waals surface area contributed by atoms with Gasteiger partial charge in [-0.25, -0.2) is 8.78 Å². The van der Waals surface area contributed by atoms with Crippen LogP contribution in [0.25, 0.3) is 0 Å². The minimum Gasteiger partial charge on any atom is -0.313 e. The van der Waals surface area contributed by atoms with Gasteiger partial charge in [0.1, 0.15) is 0 Å². The van der Waals surface area contributed by atoms with Crippen LogP contribution in [0.3, 0.4) is 0 Å². The lowest BCUT2D eigenvalue weighted by Crippen LogP contribution is -2.40. The predicted octanol–water partition coefficient (Wildman–Crippen LogP) is 4.15. The SMILES string of the molecule is C=C(C)CC(NCCC)C1CCC(F)(F)CC1. The Morgan fingerprint density at radius 1 is 1.41 bits per heavy atom. The van der Waals surface area contributed by atoms with Crippen LogP contribution in [0.1, 0.15) is 52.4 Å². The first kappa shape index (κ1) is 14.6. The van der Waals surface area contributed by atoms with Crippen molar-refractivity contribution in [2.75, 3.05) is 6.54 Å². The summed E-state index contributed by atoms with van der Waals surface area (Å²) in [5.41, 5.74) is 1.14. The Morgan fingerprint density at radius 3 is 2.47 bits per heavy atom. The third-order valence-electron chi connectivity index (χ3n) is 3.56. The van der Waals surface area contributed by atoms with E-state index < -0.39 is 5.92 Å². The molecule has 0 bridgehead atoms. The Bertz CT molecular complexity index is 241. The van der Waals surface area contributed by atoms with Crippen molar-refractivity contribution in [2.45, 2.75) is 64.3 Å². The van der Waals surface area contributed by atoms with Gasteiger partial charge < -0.3 is 5.32 Å². The smallest absolute Gasteiger partial charge is 0.248 e. The highest BCUT2D eigenvalue weighted by Gasteiger charge is 2.37. The Morgan fingerprint density at radius 2 is 2.00 bits per heavy atom. The van der Waals surface area contributed by atoms with Crippen molar-refractivity contribution < 1.29 is 8.78 Å². The molecule has 0 amide bonds. The van der Waals surface area contributed by atoms with Crippen LogP contribution in [-0.4, -0.2) is 18.5 Å². The second kappa shape index (κ2) is 6.48. The molecule has 1 aliphatic rings. The fraction of sp³-hybridized carbons (Fsp3) is 0.857. The van der Waals surface area contributed by atoms with Crippen LogP contribution in [-0.2, 0) is 0 Å². The van der Waals surface area contributed by atoms with Crippen LogP contribution >= 0.6 is 0 Å². The lowest BCUT2D eigenvalue weighted by molar-refractivity contribution is -0.0495. The van der Waals surface area contributed by atoms with E-state index >= 15 is 0 Å². The van der Waals surface area contributed by atoms with Gasteiger partial charge in [-0.1, -0.05) is 12.5 Å². The van der Waals surface area contributed by atoms with Crippen molar-refractivity contribution in [3.05, 3.63) is 12.2 Å². The lowest BCUT2D eigenvalue weighted by Gasteiger charge is -2.34. The van der Waals surface area contributed by atoms with E-state index in [0.29, 0.717) is 24.8 Å². The Labute approximate surface area is 104 Å². The van der Waals surface area contributed by atoms with E-state index in [4.69, 9.17) is 0 Å². The fourth-order valence-electron chi connectivity index (χ4n) is 2.58. The number of hydrogen-bond donors (Lipinski definition) is 1. The molecule has 0 heterocycles. The summed E-state index contributed by atoms with van der Waals surface area (Å²) in [6.07, 6.45) is 3.38. The molecule has 1 rings (SSSR count). The number of nitrogens with one attached hydrogen (secondary N) is 1. The van der Waals surface area contributed by atoms with Crippen LogP contribution in [0.2, 0.25) is 0 Å². The van der Waals surface area contributed by atoms with Gasteiger partial charge in [0.15, 0.2) is 0 Å². The average Bonchev–Trinajstić information content (AvgIpc) is 2.24. The van der Waals surface area contributed by atoms with Gasteiger partial charge in [0.05, 0.1) is 0 Å². The Hall–Kier alpha value is -0.440. The summed E-state index contributed by atoms with van der Waals surface area (Å²) in [5, 5.41) is 3.49. The number of halogens is 2. The molecule has 1 N–H and O–H groups in total. The monoisotopic (exact) mass is 245 g/mol. The van der Waals surface area contributed by atoms with Crippen molar-refractivity contribution in [2.24, 2.45) is 5.92 Å². The van der Waals surface area contributed by atoms with Gasteiger partial charge in [-0.2, -0.15) is 0 Å². The molecule has 1 nitrogen and oxygen atoms in total. The molecule has 100 valence electrons. The van der Waals surface area contributed by atoms with E-state index in [2.05, 4.69) is 18.8 Å². The third-order valence-corrected chi connectivity index (χ3v) is 3.56. The van der Waals surface area contributed by atoms with Crippen LogP contribution in [0, 0.1) is 5.92 Å². The van der Waals surface area contributed by atoms with Crippen LogP contribution in [0.15, 0.2) is 12.2 Å². The molecule has 0 aromatic rings. The zero-order valence-electron chi connectivity index (χ0n) is 11.1. The van der Waals surface area contributed by atoms with Crippen molar-refractivity contribution in [1.29, 1.82) is 0 Å². The summed E-state index contributed by atoms with van der Waals surface area (Å²) in [5.74, 6) is -2.03. The van der Waals surface area contributed by atoms with Crippen molar-refractivity contribution >= 4 is 0 Å². The summed E-state index contributed by atoms with van der Waals surface area (Å²) < 4.78 is 26.2. The predicted molar refractivity (Wildman–Crippen MR) is 68.4 cm³/mol. The molecule has 1 fully saturated rings. The van der Waals surface area contributed by atoms with Gasteiger partial charge in [0.25, 0.3) is 0 Å². The highest BCUT2D eigenvalue weighted by Crippen LogP contribution is 2.38. The van der Waals surface area contributed by atoms with E-state index in [1.54, 1.807) is 0 Å². The second-order valence-electron chi connectivity index (χ2n) is 5.42. The standard InChI is InChI=1S/C14H25F2N/c1-4-9-17-13(10-11(2)3)12-5-7-14(15,16)8-6-12/h12-13,17H,2,4-10H2,1,3H3. The normalized spacial score (nSPS) is 22.4. The van der Waals surface area contributed by atoms with Crippen molar-refractivity contribution in [3.8, 4) is 0 Å². The summed E-state index contributed by atoms with van der Waals surface area (Å²) >= 11 is 0. The highest BCUT2D eigenvalue weighted by molar-refractivity contribution is 4.96. The Balaban J connectivity index is 2.49. The van der Waals surface area contributed by atoms with E-state index in [0.717, 1.165) is 25.0 Å². The topological polar surface area (TPSA) is 12.0 Å². The lowest BCUT2D eigenvalue weighted by atomic mass is 9.80. The molecule has 1 unspecified atom stereocenters. The second-order valence-corrected chi connectivity index (χ2v) is 5.42. The van der Waals surface area contributed by atoms with Gasteiger partial charge in [-0.05, 0) is 45.1 Å². The van der Waals surface area contributed by atoms with Crippen molar-refractivity contribution in [3.63, 3.8) is 0 Å². The average molecular weight is 245 g/mol. The molecule has 0 spiro atoms. The largest absolute Gasteiger partial charge is 0.313 e. The maximum absolute atomic E-state index is 13.1. The zero-order chi connectivity index (χ0) is 12.9. The molecule has 0 aromatic heterocycles. The van der Waals surface area contributed by atoms with E-state index in [9.17, 15) is 8.78 Å². The maximum Gasteiger partial charge on any atom is 0.248 e. The maximum atomic E-state index is 13.1. The number of hydrogen-bond acceptors (Lipinski definition) is 1. The molecule has 0 aliphatic heterocycles. The minimum absolute atomic E-state index is 0.0537. The summed E-state index contributed by atoms with van der Waals surface area (Å²) in [4.78, 5) is 0. The molecule has 0 aromatic carbocycles. The van der Waals surface area contributed by atoms with E-state index in [1.165, 1.54) is 0 Å². The summed E-state index contributed by atoms with van der Waals surface area (Å²) in [7, 11) is 0. The third kappa shape index (κ3) is 5.15. The van der Waals surface area contributed by atoms with E-state index in [-0.39, 0.29) is 12.8 Å². The molecule has 0 saturated heterocycles. The summed E-state index contributed by atoms with van der Waals surface area (Å²) in [6.45, 7) is 9.04.